The average Bonchev–Trinajstić information content (AvgIpc) is 2.81. The minimum absolute atomic E-state index is 0.0441. The van der Waals surface area contributed by atoms with E-state index in [1.807, 2.05) is 12.1 Å². The Kier molecular flexibility index (Phi) is 4.06. The number of fused-ring (bicyclic) bond motifs is 1. The Morgan fingerprint density at radius 3 is 2.00 bits per heavy atom. The molecule has 0 saturated heterocycles. The van der Waals surface area contributed by atoms with Gasteiger partial charge in [0.25, 0.3) is 11.8 Å². The van der Waals surface area contributed by atoms with Gasteiger partial charge in [-0.05, 0) is 37.5 Å². The predicted octanol–water partition coefficient (Wildman–Crippen LogP) is 3.12. The van der Waals surface area contributed by atoms with Gasteiger partial charge in [-0.3, -0.25) is 19.3 Å². The van der Waals surface area contributed by atoms with Crippen molar-refractivity contribution in [2.45, 2.75) is 19.8 Å². The molecule has 0 aromatic heterocycles. The molecule has 0 bridgehead atoms. The maximum atomic E-state index is 12.2. The molecule has 0 N–H and O–H groups in total. The van der Waals surface area contributed by atoms with Gasteiger partial charge in [0.1, 0.15) is 0 Å². The third kappa shape index (κ3) is 2.93. The van der Waals surface area contributed by atoms with Crippen LogP contribution in [0.5, 0.6) is 0 Å². The number of hydrogen-bond donors (Lipinski definition) is 0. The molecule has 3 rings (SSSR count). The predicted molar refractivity (Wildman–Crippen MR) is 86.6 cm³/mol. The Balaban J connectivity index is 1.60. The standard InChI is InChI=1S/C19H17NO3/c1-13(21)15-10-8-14(9-11-15)5-4-12-20-18(22)16-6-2-3-7-17(16)19(20)23/h2-3,6-11H,4-5,12H2,1H3. The van der Waals surface area contributed by atoms with Crippen LogP contribution in [0.4, 0.5) is 0 Å². The minimum Gasteiger partial charge on any atom is -0.295 e. The number of carbonyl (C=O) groups excluding carboxylic acids is 3. The summed E-state index contributed by atoms with van der Waals surface area (Å²) < 4.78 is 0. The Morgan fingerprint density at radius 2 is 1.48 bits per heavy atom. The van der Waals surface area contributed by atoms with Crippen molar-refractivity contribution in [2.75, 3.05) is 6.54 Å². The molecule has 0 spiro atoms. The summed E-state index contributed by atoms with van der Waals surface area (Å²) in [6.07, 6.45) is 1.45. The van der Waals surface area contributed by atoms with Crippen molar-refractivity contribution in [2.24, 2.45) is 0 Å². The molecular formula is C19H17NO3. The van der Waals surface area contributed by atoms with Crippen LogP contribution in [0.1, 0.15) is 50.0 Å². The molecule has 23 heavy (non-hydrogen) atoms. The summed E-state index contributed by atoms with van der Waals surface area (Å²) >= 11 is 0. The molecule has 0 unspecified atom stereocenters. The summed E-state index contributed by atoms with van der Waals surface area (Å²) in [4.78, 5) is 37.0. The van der Waals surface area contributed by atoms with Crippen LogP contribution in [0.25, 0.3) is 0 Å². The zero-order chi connectivity index (χ0) is 16.4. The number of imide groups is 1. The molecule has 2 amide bonds. The highest BCUT2D eigenvalue weighted by atomic mass is 16.2. The van der Waals surface area contributed by atoms with E-state index in [9.17, 15) is 14.4 Å². The van der Waals surface area contributed by atoms with Crippen LogP contribution in [0.3, 0.4) is 0 Å². The maximum absolute atomic E-state index is 12.2. The van der Waals surface area contributed by atoms with E-state index >= 15 is 0 Å². The van der Waals surface area contributed by atoms with Crippen LogP contribution < -0.4 is 0 Å². The van der Waals surface area contributed by atoms with Gasteiger partial charge in [0.15, 0.2) is 5.78 Å². The first-order valence-corrected chi connectivity index (χ1v) is 7.63. The number of ketones is 1. The fourth-order valence-electron chi connectivity index (χ4n) is 2.79. The van der Waals surface area contributed by atoms with E-state index < -0.39 is 0 Å². The Bertz CT molecular complexity index is 742. The van der Waals surface area contributed by atoms with E-state index in [1.165, 1.54) is 11.8 Å². The van der Waals surface area contributed by atoms with Gasteiger partial charge in [0.05, 0.1) is 11.1 Å². The Morgan fingerprint density at radius 1 is 0.913 bits per heavy atom. The van der Waals surface area contributed by atoms with Crippen LogP contribution in [-0.2, 0) is 6.42 Å². The highest BCUT2D eigenvalue weighted by Crippen LogP contribution is 2.22. The molecule has 4 nitrogen and oxygen atoms in total. The maximum Gasteiger partial charge on any atom is 0.261 e. The van der Waals surface area contributed by atoms with Crippen molar-refractivity contribution in [3.63, 3.8) is 0 Å². The summed E-state index contributed by atoms with van der Waals surface area (Å²) in [6, 6.07) is 14.4. The number of aryl methyl sites for hydroxylation is 1. The van der Waals surface area contributed by atoms with Gasteiger partial charge in [-0.2, -0.15) is 0 Å². The van der Waals surface area contributed by atoms with Crippen LogP contribution in [0.15, 0.2) is 48.5 Å². The summed E-state index contributed by atoms with van der Waals surface area (Å²) in [7, 11) is 0. The van der Waals surface area contributed by atoms with Crippen molar-refractivity contribution >= 4 is 17.6 Å². The first-order valence-electron chi connectivity index (χ1n) is 7.63. The molecule has 1 aliphatic rings. The van der Waals surface area contributed by atoms with Gasteiger partial charge in [0, 0.05) is 12.1 Å². The molecule has 2 aromatic rings. The normalized spacial score (nSPS) is 13.3. The quantitative estimate of drug-likeness (QED) is 0.630. The molecule has 0 fully saturated rings. The number of rotatable bonds is 5. The Labute approximate surface area is 134 Å². The second-order valence-electron chi connectivity index (χ2n) is 5.66. The van der Waals surface area contributed by atoms with Crippen molar-refractivity contribution in [3.8, 4) is 0 Å². The molecule has 2 aromatic carbocycles. The lowest BCUT2D eigenvalue weighted by Gasteiger charge is -2.13. The van der Waals surface area contributed by atoms with Crippen LogP contribution in [0.2, 0.25) is 0 Å². The number of hydrogen-bond acceptors (Lipinski definition) is 3. The lowest BCUT2D eigenvalue weighted by atomic mass is 10.1. The second-order valence-corrected chi connectivity index (χ2v) is 5.66. The van der Waals surface area contributed by atoms with Crippen molar-refractivity contribution in [1.82, 2.24) is 4.90 Å². The first-order chi connectivity index (χ1) is 11.1. The number of carbonyl (C=O) groups is 3. The first kappa shape index (κ1) is 15.2. The zero-order valence-electron chi connectivity index (χ0n) is 12.9. The number of benzene rings is 2. The molecule has 1 aliphatic heterocycles. The van der Waals surface area contributed by atoms with Gasteiger partial charge in [-0.15, -0.1) is 0 Å². The van der Waals surface area contributed by atoms with E-state index in [0.717, 1.165) is 12.0 Å². The monoisotopic (exact) mass is 307 g/mol. The van der Waals surface area contributed by atoms with Gasteiger partial charge in [-0.25, -0.2) is 0 Å². The van der Waals surface area contributed by atoms with Crippen LogP contribution in [-0.4, -0.2) is 29.0 Å². The largest absolute Gasteiger partial charge is 0.295 e. The topological polar surface area (TPSA) is 54.5 Å². The van der Waals surface area contributed by atoms with Crippen LogP contribution >= 0.6 is 0 Å². The van der Waals surface area contributed by atoms with E-state index in [4.69, 9.17) is 0 Å². The van der Waals surface area contributed by atoms with E-state index in [2.05, 4.69) is 0 Å². The van der Waals surface area contributed by atoms with E-state index in [0.29, 0.717) is 29.7 Å². The van der Waals surface area contributed by atoms with Gasteiger partial charge < -0.3 is 0 Å². The Hall–Kier alpha value is -2.75. The fourth-order valence-corrected chi connectivity index (χ4v) is 2.79. The summed E-state index contributed by atoms with van der Waals surface area (Å²) in [5.74, 6) is -0.377. The number of amides is 2. The second kappa shape index (κ2) is 6.16. The lowest BCUT2D eigenvalue weighted by Crippen LogP contribution is -2.30. The minimum atomic E-state index is -0.211. The molecule has 1 heterocycles. The number of Topliss-reactive ketones (excluding diaryl/α,β-unsaturated/α-hetero) is 1. The molecular weight excluding hydrogens is 290 g/mol. The smallest absolute Gasteiger partial charge is 0.261 e. The SMILES string of the molecule is CC(=O)c1ccc(CCCN2C(=O)c3ccccc3C2=O)cc1. The fraction of sp³-hybridized carbons (Fsp3) is 0.211. The summed E-state index contributed by atoms with van der Waals surface area (Å²) in [5, 5.41) is 0. The third-order valence-corrected chi connectivity index (χ3v) is 4.09. The van der Waals surface area contributed by atoms with Crippen LogP contribution in [0, 0.1) is 0 Å². The molecule has 0 aliphatic carbocycles. The summed E-state index contributed by atoms with van der Waals surface area (Å²) in [6.45, 7) is 1.94. The van der Waals surface area contributed by atoms with Crippen molar-refractivity contribution in [1.29, 1.82) is 0 Å². The zero-order valence-corrected chi connectivity index (χ0v) is 12.9. The van der Waals surface area contributed by atoms with Crippen molar-refractivity contribution in [3.05, 3.63) is 70.8 Å². The molecule has 116 valence electrons. The summed E-state index contributed by atoms with van der Waals surface area (Å²) in [5.41, 5.74) is 2.76. The molecule has 0 saturated carbocycles. The number of nitrogens with zero attached hydrogens (tertiary/aromatic N) is 1. The van der Waals surface area contributed by atoms with Gasteiger partial charge in [0.2, 0.25) is 0 Å². The molecule has 0 radical (unpaired) electrons. The van der Waals surface area contributed by atoms with E-state index in [-0.39, 0.29) is 17.6 Å². The highest BCUT2D eigenvalue weighted by Gasteiger charge is 2.34. The molecule has 4 heteroatoms. The van der Waals surface area contributed by atoms with Crippen molar-refractivity contribution < 1.29 is 14.4 Å². The highest BCUT2D eigenvalue weighted by molar-refractivity contribution is 6.21. The van der Waals surface area contributed by atoms with Gasteiger partial charge >= 0.3 is 0 Å². The third-order valence-electron chi connectivity index (χ3n) is 4.09. The average molecular weight is 307 g/mol. The van der Waals surface area contributed by atoms with E-state index in [1.54, 1.807) is 36.4 Å². The lowest BCUT2D eigenvalue weighted by molar-refractivity contribution is 0.0652. The molecule has 0 atom stereocenters. The van der Waals surface area contributed by atoms with Gasteiger partial charge in [-0.1, -0.05) is 36.4 Å².